The van der Waals surface area contributed by atoms with Crippen LogP contribution in [0.3, 0.4) is 0 Å². The van der Waals surface area contributed by atoms with Gasteiger partial charge in [0.05, 0.1) is 17.6 Å². The molecule has 1 aliphatic rings. The Bertz CT molecular complexity index is 594. The number of aromatic nitrogens is 1. The zero-order valence-corrected chi connectivity index (χ0v) is 11.9. The van der Waals surface area contributed by atoms with Crippen LogP contribution in [0.2, 0.25) is 5.02 Å². The molecule has 0 bridgehead atoms. The highest BCUT2D eigenvalue weighted by molar-refractivity contribution is 6.30. The van der Waals surface area contributed by atoms with Crippen molar-refractivity contribution in [2.45, 2.75) is 0 Å². The van der Waals surface area contributed by atoms with E-state index >= 15 is 0 Å². The second-order valence-electron chi connectivity index (χ2n) is 4.89. The molecular weight excluding hydrogens is 272 g/mol. The molecular formula is C15H17ClN4. The molecule has 0 saturated carbocycles. The molecule has 1 aromatic carbocycles. The normalized spacial score (nSPS) is 15.4. The number of hydrogen-bond donors (Lipinski definition) is 1. The number of halogens is 1. The van der Waals surface area contributed by atoms with Gasteiger partial charge >= 0.3 is 0 Å². The summed E-state index contributed by atoms with van der Waals surface area (Å²) in [7, 11) is 0. The van der Waals surface area contributed by atoms with E-state index in [1.54, 1.807) is 12.4 Å². The Morgan fingerprint density at radius 2 is 1.80 bits per heavy atom. The summed E-state index contributed by atoms with van der Waals surface area (Å²) in [6.45, 7) is 3.81. The van der Waals surface area contributed by atoms with E-state index < -0.39 is 0 Å². The molecule has 1 aliphatic heterocycles. The molecule has 1 saturated heterocycles. The number of nitrogens with two attached hydrogens (primary N) is 1. The fourth-order valence-corrected chi connectivity index (χ4v) is 2.75. The van der Waals surface area contributed by atoms with Crippen molar-refractivity contribution in [1.82, 2.24) is 4.98 Å². The Balaban J connectivity index is 1.70. The number of rotatable bonds is 2. The predicted octanol–water partition coefficient (Wildman–Crippen LogP) is 2.64. The smallest absolute Gasteiger partial charge is 0.0738 e. The Labute approximate surface area is 123 Å². The number of hydrogen-bond acceptors (Lipinski definition) is 4. The molecule has 0 spiro atoms. The second-order valence-corrected chi connectivity index (χ2v) is 5.32. The van der Waals surface area contributed by atoms with Crippen molar-refractivity contribution >= 4 is 28.7 Å². The zero-order valence-electron chi connectivity index (χ0n) is 11.2. The van der Waals surface area contributed by atoms with Gasteiger partial charge in [0.15, 0.2) is 0 Å². The molecule has 0 atom stereocenters. The number of pyridine rings is 1. The highest BCUT2D eigenvalue weighted by Crippen LogP contribution is 2.25. The fraction of sp³-hybridized carbons (Fsp3) is 0.267. The fourth-order valence-electron chi connectivity index (χ4n) is 2.57. The van der Waals surface area contributed by atoms with E-state index in [1.807, 2.05) is 24.3 Å². The van der Waals surface area contributed by atoms with Crippen molar-refractivity contribution < 1.29 is 0 Å². The quantitative estimate of drug-likeness (QED) is 0.923. The summed E-state index contributed by atoms with van der Waals surface area (Å²) in [5.41, 5.74) is 8.98. The van der Waals surface area contributed by atoms with Gasteiger partial charge in [-0.1, -0.05) is 17.7 Å². The van der Waals surface area contributed by atoms with Crippen LogP contribution in [0.15, 0.2) is 42.7 Å². The number of nitrogen functional groups attached to an aromatic ring is 1. The van der Waals surface area contributed by atoms with E-state index in [0.717, 1.165) is 42.6 Å². The first kappa shape index (κ1) is 13.1. The molecule has 0 aliphatic carbocycles. The highest BCUT2D eigenvalue weighted by Gasteiger charge is 2.18. The van der Waals surface area contributed by atoms with E-state index in [4.69, 9.17) is 17.3 Å². The number of benzene rings is 1. The molecule has 0 amide bonds. The van der Waals surface area contributed by atoms with Gasteiger partial charge < -0.3 is 15.5 Å². The van der Waals surface area contributed by atoms with Crippen LogP contribution in [0, 0.1) is 0 Å². The van der Waals surface area contributed by atoms with Crippen molar-refractivity contribution in [2.75, 3.05) is 41.7 Å². The van der Waals surface area contributed by atoms with Crippen LogP contribution < -0.4 is 15.5 Å². The van der Waals surface area contributed by atoms with Gasteiger partial charge in [-0.2, -0.15) is 0 Å². The maximum atomic E-state index is 6.05. The van der Waals surface area contributed by atoms with Crippen LogP contribution in [-0.2, 0) is 0 Å². The first-order valence-electron chi connectivity index (χ1n) is 6.69. The van der Waals surface area contributed by atoms with Crippen molar-refractivity contribution in [2.24, 2.45) is 0 Å². The van der Waals surface area contributed by atoms with Gasteiger partial charge in [-0.15, -0.1) is 0 Å². The van der Waals surface area contributed by atoms with Crippen molar-refractivity contribution in [3.63, 3.8) is 0 Å². The van der Waals surface area contributed by atoms with Crippen LogP contribution in [0.1, 0.15) is 0 Å². The molecule has 1 aromatic heterocycles. The molecule has 2 aromatic rings. The van der Waals surface area contributed by atoms with Gasteiger partial charge in [-0.25, -0.2) is 0 Å². The first-order valence-corrected chi connectivity index (χ1v) is 7.07. The number of nitrogens with zero attached hydrogens (tertiary/aromatic N) is 3. The molecule has 104 valence electrons. The monoisotopic (exact) mass is 288 g/mol. The summed E-state index contributed by atoms with van der Waals surface area (Å²) in [6, 6.07) is 9.98. The maximum Gasteiger partial charge on any atom is 0.0738 e. The third kappa shape index (κ3) is 2.65. The third-order valence-electron chi connectivity index (χ3n) is 3.62. The average Bonchev–Trinajstić information content (AvgIpc) is 2.48. The van der Waals surface area contributed by atoms with Crippen LogP contribution >= 0.6 is 11.6 Å². The van der Waals surface area contributed by atoms with E-state index in [9.17, 15) is 0 Å². The molecule has 1 fully saturated rings. The number of anilines is 3. The summed E-state index contributed by atoms with van der Waals surface area (Å²) in [5, 5.41) is 0.781. The molecule has 20 heavy (non-hydrogen) atoms. The SMILES string of the molecule is Nc1cnccc1N1CCN(c2cccc(Cl)c2)CC1. The predicted molar refractivity (Wildman–Crippen MR) is 84.5 cm³/mol. The summed E-state index contributed by atoms with van der Waals surface area (Å²) < 4.78 is 0. The zero-order chi connectivity index (χ0) is 13.9. The highest BCUT2D eigenvalue weighted by atomic mass is 35.5. The maximum absolute atomic E-state index is 6.05. The lowest BCUT2D eigenvalue weighted by molar-refractivity contribution is 0.654. The third-order valence-corrected chi connectivity index (χ3v) is 3.86. The first-order chi connectivity index (χ1) is 9.74. The number of piperazine rings is 1. The van der Waals surface area contributed by atoms with Gasteiger partial charge in [0, 0.05) is 43.1 Å². The van der Waals surface area contributed by atoms with Crippen molar-refractivity contribution in [3.8, 4) is 0 Å². The van der Waals surface area contributed by atoms with E-state index in [-0.39, 0.29) is 0 Å². The lowest BCUT2D eigenvalue weighted by Gasteiger charge is -2.37. The van der Waals surface area contributed by atoms with Crippen LogP contribution in [0.25, 0.3) is 0 Å². The van der Waals surface area contributed by atoms with Crippen molar-refractivity contribution in [1.29, 1.82) is 0 Å². The van der Waals surface area contributed by atoms with Gasteiger partial charge in [0.2, 0.25) is 0 Å². The van der Waals surface area contributed by atoms with Gasteiger partial charge in [0.1, 0.15) is 0 Å². The van der Waals surface area contributed by atoms with Crippen LogP contribution in [0.5, 0.6) is 0 Å². The summed E-state index contributed by atoms with van der Waals surface area (Å²) in [5.74, 6) is 0. The minimum Gasteiger partial charge on any atom is -0.396 e. The molecule has 4 nitrogen and oxygen atoms in total. The minimum absolute atomic E-state index is 0.740. The van der Waals surface area contributed by atoms with E-state index in [0.29, 0.717) is 0 Å². The molecule has 2 N–H and O–H groups in total. The van der Waals surface area contributed by atoms with Crippen LogP contribution in [0.4, 0.5) is 17.1 Å². The Morgan fingerprint density at radius 1 is 1.05 bits per heavy atom. The standard InChI is InChI=1S/C15H17ClN4/c16-12-2-1-3-13(10-12)19-6-8-20(9-7-19)15-4-5-18-11-14(15)17/h1-5,10-11H,6-9,17H2. The van der Waals surface area contributed by atoms with Gasteiger partial charge in [0.25, 0.3) is 0 Å². The second kappa shape index (κ2) is 5.59. The van der Waals surface area contributed by atoms with E-state index in [2.05, 4.69) is 20.9 Å². The summed E-state index contributed by atoms with van der Waals surface area (Å²) >= 11 is 6.05. The Morgan fingerprint density at radius 3 is 2.50 bits per heavy atom. The molecule has 3 rings (SSSR count). The van der Waals surface area contributed by atoms with E-state index in [1.165, 1.54) is 5.69 Å². The van der Waals surface area contributed by atoms with Crippen LogP contribution in [-0.4, -0.2) is 31.2 Å². The topological polar surface area (TPSA) is 45.4 Å². The molecule has 0 radical (unpaired) electrons. The summed E-state index contributed by atoms with van der Waals surface area (Å²) in [6.07, 6.45) is 3.49. The minimum atomic E-state index is 0.740. The van der Waals surface area contributed by atoms with Gasteiger partial charge in [-0.3, -0.25) is 4.98 Å². The van der Waals surface area contributed by atoms with Crippen molar-refractivity contribution in [3.05, 3.63) is 47.7 Å². The van der Waals surface area contributed by atoms with Gasteiger partial charge in [-0.05, 0) is 24.3 Å². The molecule has 2 heterocycles. The molecule has 0 unspecified atom stereocenters. The lowest BCUT2D eigenvalue weighted by Crippen LogP contribution is -2.46. The summed E-state index contributed by atoms with van der Waals surface area (Å²) in [4.78, 5) is 8.69. The largest absolute Gasteiger partial charge is 0.396 e. The average molecular weight is 289 g/mol. The Hall–Kier alpha value is -1.94. The molecule has 5 heteroatoms. The lowest BCUT2D eigenvalue weighted by atomic mass is 10.2. The Kier molecular flexibility index (Phi) is 3.65.